The Morgan fingerprint density at radius 1 is 1.05 bits per heavy atom. The molecule has 10 nitrogen and oxygen atoms in total. The molecule has 2 aromatic carbocycles. The first-order chi connectivity index (χ1) is 18.2. The molecule has 0 radical (unpaired) electrons. The summed E-state index contributed by atoms with van der Waals surface area (Å²) in [6.45, 7) is 7.43. The van der Waals surface area contributed by atoms with Gasteiger partial charge in [-0.3, -0.25) is 16.4 Å². The van der Waals surface area contributed by atoms with Crippen LogP contribution in [0.4, 0.5) is 17.2 Å². The molecule has 0 bridgehead atoms. The van der Waals surface area contributed by atoms with Crippen LogP contribution in [0.1, 0.15) is 50.0 Å². The van der Waals surface area contributed by atoms with Gasteiger partial charge in [-0.15, -0.1) is 0 Å². The third-order valence-electron chi connectivity index (χ3n) is 7.66. The van der Waals surface area contributed by atoms with Crippen LogP contribution in [0.3, 0.4) is 0 Å². The number of ether oxygens (including phenoxy) is 1. The molecule has 1 saturated heterocycles. The highest BCUT2D eigenvalue weighted by Gasteiger charge is 2.40. The van der Waals surface area contributed by atoms with Crippen molar-refractivity contribution in [3.8, 4) is 5.75 Å². The Morgan fingerprint density at radius 2 is 1.76 bits per heavy atom. The lowest BCUT2D eigenvalue weighted by Crippen LogP contribution is -2.62. The number of nitrogens with one attached hydrogen (secondary N) is 1. The number of rotatable bonds is 6. The number of nitrogens with zero attached hydrogens (tertiary/aromatic N) is 4. The molecule has 3 aromatic rings. The molecule has 0 spiro atoms. The van der Waals surface area contributed by atoms with Crippen LogP contribution in [0, 0.1) is 6.92 Å². The second-order valence-corrected chi connectivity index (χ2v) is 12.7. The van der Waals surface area contributed by atoms with E-state index in [0.29, 0.717) is 23.2 Å². The van der Waals surface area contributed by atoms with E-state index in [1.165, 1.54) is 5.56 Å². The lowest BCUT2D eigenvalue weighted by atomic mass is 9.87. The van der Waals surface area contributed by atoms with Crippen LogP contribution in [0.25, 0.3) is 0 Å². The summed E-state index contributed by atoms with van der Waals surface area (Å²) in [5.41, 5.74) is 17.3. The van der Waals surface area contributed by atoms with E-state index in [9.17, 15) is 8.42 Å². The summed E-state index contributed by atoms with van der Waals surface area (Å²) in [5.74, 6) is 1.83. The third-order valence-corrected chi connectivity index (χ3v) is 9.86. The molecular formula is C27H37N7O3S. The molecular weight excluding hydrogens is 502 g/mol. The second kappa shape index (κ2) is 10.2. The van der Waals surface area contributed by atoms with Crippen LogP contribution in [-0.4, -0.2) is 49.9 Å². The molecule has 38 heavy (non-hydrogen) atoms. The van der Waals surface area contributed by atoms with E-state index in [-0.39, 0.29) is 4.90 Å². The van der Waals surface area contributed by atoms with Crippen molar-refractivity contribution in [3.63, 3.8) is 0 Å². The molecule has 0 aliphatic carbocycles. The number of para-hydroxylation sites is 1. The molecule has 2 aliphatic rings. The van der Waals surface area contributed by atoms with Gasteiger partial charge in [-0.2, -0.15) is 5.10 Å². The average Bonchev–Trinajstić information content (AvgIpc) is 3.39. The van der Waals surface area contributed by atoms with Gasteiger partial charge in [-0.1, -0.05) is 12.1 Å². The number of hydrogen-bond acceptors (Lipinski definition) is 9. The summed E-state index contributed by atoms with van der Waals surface area (Å²) in [6, 6.07) is 12.9. The van der Waals surface area contributed by atoms with Crippen molar-refractivity contribution in [1.82, 2.24) is 15.1 Å². The van der Waals surface area contributed by atoms with Crippen molar-refractivity contribution in [2.75, 3.05) is 30.0 Å². The van der Waals surface area contributed by atoms with Crippen LogP contribution < -0.4 is 31.3 Å². The summed E-state index contributed by atoms with van der Waals surface area (Å²) in [6.07, 6.45) is 2.15. The van der Waals surface area contributed by atoms with Crippen LogP contribution in [0.5, 0.6) is 5.75 Å². The van der Waals surface area contributed by atoms with Gasteiger partial charge in [-0.05, 0) is 88.0 Å². The summed E-state index contributed by atoms with van der Waals surface area (Å²) < 4.78 is 34.2. The fraction of sp³-hybridized carbons (Fsp3) is 0.444. The quantitative estimate of drug-likeness (QED) is 0.432. The molecule has 2 aliphatic heterocycles. The summed E-state index contributed by atoms with van der Waals surface area (Å²) in [5, 5.41) is 7.30. The van der Waals surface area contributed by atoms with Gasteiger partial charge in [0.25, 0.3) is 0 Å². The van der Waals surface area contributed by atoms with E-state index in [0.717, 1.165) is 37.2 Å². The number of piperidine rings is 1. The normalized spacial score (nSPS) is 20.6. The lowest BCUT2D eigenvalue weighted by molar-refractivity contribution is 0.361. The van der Waals surface area contributed by atoms with Crippen molar-refractivity contribution in [2.45, 2.75) is 62.3 Å². The highest BCUT2D eigenvalue weighted by Crippen LogP contribution is 2.44. The Hall–Kier alpha value is -3.12. The molecule has 0 amide bonds. The Morgan fingerprint density at radius 3 is 2.45 bits per heavy atom. The number of aryl methyl sites for hydroxylation is 1. The van der Waals surface area contributed by atoms with Crippen molar-refractivity contribution in [3.05, 3.63) is 59.8 Å². The van der Waals surface area contributed by atoms with E-state index in [2.05, 4.69) is 29.5 Å². The minimum atomic E-state index is -3.62. The van der Waals surface area contributed by atoms with Crippen LogP contribution in [0.15, 0.2) is 53.6 Å². The van der Waals surface area contributed by atoms with Gasteiger partial charge >= 0.3 is 0 Å². The summed E-state index contributed by atoms with van der Waals surface area (Å²) in [4.78, 5) is 3.79. The number of aromatic nitrogens is 2. The first-order valence-corrected chi connectivity index (χ1v) is 14.6. The highest BCUT2D eigenvalue weighted by atomic mass is 32.2. The van der Waals surface area contributed by atoms with Gasteiger partial charge in [0.05, 0.1) is 34.8 Å². The number of anilines is 3. The second-order valence-electron chi connectivity index (χ2n) is 10.2. The molecule has 2 atom stereocenters. The Balaban J connectivity index is 1.65. The van der Waals surface area contributed by atoms with E-state index < -0.39 is 27.7 Å². The van der Waals surface area contributed by atoms with E-state index in [1.807, 2.05) is 11.0 Å². The molecule has 1 aromatic heterocycles. The molecule has 2 unspecified atom stereocenters. The maximum absolute atomic E-state index is 13.3. The minimum absolute atomic E-state index is 0.181. The predicted molar refractivity (Wildman–Crippen MR) is 149 cm³/mol. The maximum atomic E-state index is 13.3. The van der Waals surface area contributed by atoms with Crippen LogP contribution in [0.2, 0.25) is 0 Å². The molecule has 5 N–H and O–H groups in total. The lowest BCUT2D eigenvalue weighted by Gasteiger charge is -2.47. The number of hydrogen-bond donors (Lipinski definition) is 3. The summed E-state index contributed by atoms with van der Waals surface area (Å²) in [7, 11) is -1.96. The van der Waals surface area contributed by atoms with Crippen molar-refractivity contribution in [1.29, 1.82) is 0 Å². The van der Waals surface area contributed by atoms with Crippen molar-refractivity contribution in [2.24, 2.45) is 11.5 Å². The smallest absolute Gasteiger partial charge is 0.182 e. The Kier molecular flexibility index (Phi) is 7.12. The monoisotopic (exact) mass is 539 g/mol. The first-order valence-electron chi connectivity index (χ1n) is 13.0. The molecule has 0 saturated carbocycles. The molecule has 5 rings (SSSR count). The number of sulfone groups is 1. The largest absolute Gasteiger partial charge is 0.495 e. The van der Waals surface area contributed by atoms with Gasteiger partial charge < -0.3 is 15.0 Å². The van der Waals surface area contributed by atoms with Crippen LogP contribution in [-0.2, 0) is 9.84 Å². The zero-order valence-electron chi connectivity index (χ0n) is 22.3. The molecule has 11 heteroatoms. The van der Waals surface area contributed by atoms with Crippen molar-refractivity contribution < 1.29 is 13.2 Å². The number of benzene rings is 2. The SMILES string of the molecule is COc1cc(C2CCNCC2)c(C)cc1N1c2ccnn2C(N)N(c2ccccc2S(=O)(=O)C(C)C)C1N. The van der Waals surface area contributed by atoms with E-state index in [1.54, 1.807) is 61.0 Å². The molecule has 3 heterocycles. The summed E-state index contributed by atoms with van der Waals surface area (Å²) >= 11 is 0. The minimum Gasteiger partial charge on any atom is -0.495 e. The Labute approximate surface area is 224 Å². The number of methoxy groups -OCH3 is 1. The van der Waals surface area contributed by atoms with Gasteiger partial charge in [-0.25, -0.2) is 13.1 Å². The van der Waals surface area contributed by atoms with Gasteiger partial charge in [0.2, 0.25) is 0 Å². The fourth-order valence-corrected chi connectivity index (χ4v) is 6.81. The highest BCUT2D eigenvalue weighted by molar-refractivity contribution is 7.92. The molecule has 1 fully saturated rings. The zero-order valence-corrected chi connectivity index (χ0v) is 23.1. The fourth-order valence-electron chi connectivity index (χ4n) is 5.57. The zero-order chi connectivity index (χ0) is 27.2. The van der Waals surface area contributed by atoms with E-state index in [4.69, 9.17) is 16.2 Å². The molecule has 204 valence electrons. The third kappa shape index (κ3) is 4.33. The van der Waals surface area contributed by atoms with Gasteiger partial charge in [0.15, 0.2) is 22.4 Å². The van der Waals surface area contributed by atoms with Gasteiger partial charge in [0, 0.05) is 6.07 Å². The van der Waals surface area contributed by atoms with Crippen LogP contribution >= 0.6 is 0 Å². The number of nitrogens with two attached hydrogens (primary N) is 2. The van der Waals surface area contributed by atoms with Gasteiger partial charge in [0.1, 0.15) is 11.6 Å². The predicted octanol–water partition coefficient (Wildman–Crippen LogP) is 3.16. The number of fused-ring (bicyclic) bond motifs is 1. The Bertz CT molecular complexity index is 1420. The van der Waals surface area contributed by atoms with E-state index >= 15 is 0 Å². The van der Waals surface area contributed by atoms with Crippen molar-refractivity contribution >= 4 is 27.0 Å². The average molecular weight is 540 g/mol. The topological polar surface area (TPSA) is 132 Å². The standard InChI is InChI=1S/C27H37N7O3S/c1-17(2)38(35,36)24-8-6-5-7-21(24)33-26(28)32(25-11-14-31-34(25)27(33)29)22-15-18(3)20(16-23(22)37-4)19-9-12-30-13-10-19/h5-8,11,14-17,19,26-27,30H,9-10,12-13,28-29H2,1-4H3. The first kappa shape index (κ1) is 26.5. The maximum Gasteiger partial charge on any atom is 0.182 e.